The van der Waals surface area contributed by atoms with Crippen molar-refractivity contribution < 1.29 is 23.5 Å². The van der Waals surface area contributed by atoms with Crippen LogP contribution in [0.15, 0.2) is 78.9 Å². The van der Waals surface area contributed by atoms with Gasteiger partial charge in [-0.15, -0.1) is 0 Å². The summed E-state index contributed by atoms with van der Waals surface area (Å²) in [5.74, 6) is 0.239. The molecule has 0 aliphatic heterocycles. The molecular weight excluding hydrogens is 459 g/mol. The summed E-state index contributed by atoms with van der Waals surface area (Å²) in [6.07, 6.45) is 0.285. The predicted octanol–water partition coefficient (Wildman–Crippen LogP) is 4.63. The number of carbonyl (C=O) groups excluding carboxylic acids is 2. The average Bonchev–Trinajstić information content (AvgIpc) is 2.89. The summed E-state index contributed by atoms with van der Waals surface area (Å²) in [7, 11) is 1.57. The second-order valence-corrected chi connectivity index (χ2v) is 8.92. The minimum Gasteiger partial charge on any atom is -0.497 e. The molecule has 0 fully saturated rings. The summed E-state index contributed by atoms with van der Waals surface area (Å²) in [4.78, 5) is 28.3. The minimum atomic E-state index is -0.849. The molecule has 0 bridgehead atoms. The molecule has 3 rings (SSSR count). The molecule has 0 spiro atoms. The Morgan fingerprint density at radius 2 is 1.56 bits per heavy atom. The van der Waals surface area contributed by atoms with Gasteiger partial charge in [-0.05, 0) is 41.8 Å². The first-order chi connectivity index (χ1) is 17.4. The van der Waals surface area contributed by atoms with Crippen molar-refractivity contribution in [3.8, 4) is 11.5 Å². The van der Waals surface area contributed by atoms with E-state index in [9.17, 15) is 14.0 Å². The standard InChI is InChI=1S/C29H33FN2O4/c1-21(2)18-31-29(34)27(17-22-9-5-4-6-10-22)32(19-23-11-7-8-12-26(23)30)28(33)20-36-25-15-13-24(35-3)14-16-25/h4-16,21,27H,17-20H2,1-3H3,(H,31,34). The van der Waals surface area contributed by atoms with Crippen LogP contribution < -0.4 is 14.8 Å². The van der Waals surface area contributed by atoms with Crippen molar-refractivity contribution in [1.29, 1.82) is 0 Å². The Kier molecular flexibility index (Phi) is 9.86. The van der Waals surface area contributed by atoms with E-state index in [0.717, 1.165) is 5.56 Å². The summed E-state index contributed by atoms with van der Waals surface area (Å²) < 4.78 is 25.5. The maximum Gasteiger partial charge on any atom is 0.261 e. The molecule has 1 N–H and O–H groups in total. The zero-order chi connectivity index (χ0) is 25.9. The number of nitrogens with zero attached hydrogens (tertiary/aromatic N) is 1. The number of hydrogen-bond donors (Lipinski definition) is 1. The van der Waals surface area contributed by atoms with Gasteiger partial charge in [-0.25, -0.2) is 4.39 Å². The van der Waals surface area contributed by atoms with Gasteiger partial charge >= 0.3 is 0 Å². The first-order valence-corrected chi connectivity index (χ1v) is 12.0. The molecule has 3 aromatic rings. The van der Waals surface area contributed by atoms with E-state index < -0.39 is 17.8 Å². The second-order valence-electron chi connectivity index (χ2n) is 8.92. The number of amides is 2. The predicted molar refractivity (Wildman–Crippen MR) is 137 cm³/mol. The van der Waals surface area contributed by atoms with Gasteiger partial charge in [0, 0.05) is 25.1 Å². The van der Waals surface area contributed by atoms with Crippen LogP contribution in [0.4, 0.5) is 4.39 Å². The van der Waals surface area contributed by atoms with Crippen molar-refractivity contribution in [2.75, 3.05) is 20.3 Å². The van der Waals surface area contributed by atoms with E-state index in [-0.39, 0.29) is 31.4 Å². The number of methoxy groups -OCH3 is 1. The largest absolute Gasteiger partial charge is 0.497 e. The van der Waals surface area contributed by atoms with Gasteiger partial charge in [-0.1, -0.05) is 62.4 Å². The lowest BCUT2D eigenvalue weighted by Gasteiger charge is -2.31. The third kappa shape index (κ3) is 7.83. The second kappa shape index (κ2) is 13.3. The lowest BCUT2D eigenvalue weighted by molar-refractivity contribution is -0.142. The Bertz CT molecular complexity index is 1120. The van der Waals surface area contributed by atoms with Gasteiger partial charge in [-0.3, -0.25) is 9.59 Å². The molecule has 6 nitrogen and oxygen atoms in total. The number of nitrogens with one attached hydrogen (secondary N) is 1. The normalized spacial score (nSPS) is 11.6. The molecule has 0 saturated heterocycles. The molecule has 3 aromatic carbocycles. The maximum atomic E-state index is 14.6. The molecule has 0 aliphatic rings. The van der Waals surface area contributed by atoms with Gasteiger partial charge in [0.05, 0.1) is 7.11 Å². The Hall–Kier alpha value is -3.87. The number of benzene rings is 3. The Morgan fingerprint density at radius 1 is 0.917 bits per heavy atom. The molecule has 36 heavy (non-hydrogen) atoms. The number of rotatable bonds is 12. The molecule has 0 radical (unpaired) electrons. The van der Waals surface area contributed by atoms with Crippen LogP contribution in [-0.4, -0.2) is 43.0 Å². The van der Waals surface area contributed by atoms with Crippen LogP contribution in [0.3, 0.4) is 0 Å². The lowest BCUT2D eigenvalue weighted by atomic mass is 10.0. The molecule has 1 atom stereocenters. The highest BCUT2D eigenvalue weighted by Gasteiger charge is 2.31. The Labute approximate surface area is 212 Å². The number of halogens is 1. The first-order valence-electron chi connectivity index (χ1n) is 12.0. The number of carbonyl (C=O) groups is 2. The van der Waals surface area contributed by atoms with Gasteiger partial charge in [0.2, 0.25) is 5.91 Å². The topological polar surface area (TPSA) is 67.9 Å². The molecule has 7 heteroatoms. The minimum absolute atomic E-state index is 0.0654. The van der Waals surface area contributed by atoms with Crippen molar-refractivity contribution in [2.24, 2.45) is 5.92 Å². The average molecular weight is 493 g/mol. The van der Waals surface area contributed by atoms with Crippen LogP contribution in [0, 0.1) is 11.7 Å². The monoisotopic (exact) mass is 492 g/mol. The van der Waals surface area contributed by atoms with Gasteiger partial charge < -0.3 is 19.7 Å². The summed E-state index contributed by atoms with van der Waals surface area (Å²) in [5.41, 5.74) is 1.22. The SMILES string of the molecule is COc1ccc(OCC(=O)N(Cc2ccccc2F)C(Cc2ccccc2)C(=O)NCC(C)C)cc1. The van der Waals surface area contributed by atoms with E-state index in [1.807, 2.05) is 44.2 Å². The highest BCUT2D eigenvalue weighted by molar-refractivity contribution is 5.88. The fourth-order valence-electron chi connectivity index (χ4n) is 3.69. The van der Waals surface area contributed by atoms with Gasteiger partial charge in [-0.2, -0.15) is 0 Å². The fraction of sp³-hybridized carbons (Fsp3) is 0.310. The van der Waals surface area contributed by atoms with Gasteiger partial charge in [0.1, 0.15) is 23.4 Å². The van der Waals surface area contributed by atoms with Crippen molar-refractivity contribution in [1.82, 2.24) is 10.2 Å². The number of hydrogen-bond acceptors (Lipinski definition) is 4. The summed E-state index contributed by atoms with van der Waals surface area (Å²) in [6.45, 7) is 4.09. The van der Waals surface area contributed by atoms with Crippen LogP contribution >= 0.6 is 0 Å². The van der Waals surface area contributed by atoms with Crippen LogP contribution in [0.5, 0.6) is 11.5 Å². The quantitative estimate of drug-likeness (QED) is 0.401. The van der Waals surface area contributed by atoms with Gasteiger partial charge in [0.25, 0.3) is 5.91 Å². The molecule has 190 valence electrons. The molecule has 0 heterocycles. The van der Waals surface area contributed by atoms with Crippen LogP contribution in [0.1, 0.15) is 25.0 Å². The molecule has 2 amide bonds. The molecular formula is C29H33FN2O4. The fourth-order valence-corrected chi connectivity index (χ4v) is 3.69. The highest BCUT2D eigenvalue weighted by Crippen LogP contribution is 2.19. The first kappa shape index (κ1) is 26.7. The van der Waals surface area contributed by atoms with Crippen molar-refractivity contribution in [3.63, 3.8) is 0 Å². The van der Waals surface area contributed by atoms with E-state index in [1.54, 1.807) is 49.6 Å². The maximum absolute atomic E-state index is 14.6. The highest BCUT2D eigenvalue weighted by atomic mass is 19.1. The summed E-state index contributed by atoms with van der Waals surface area (Å²) in [5, 5.41) is 2.94. The van der Waals surface area contributed by atoms with E-state index >= 15 is 0 Å². The molecule has 0 aromatic heterocycles. The lowest BCUT2D eigenvalue weighted by Crippen LogP contribution is -2.52. The zero-order valence-electron chi connectivity index (χ0n) is 20.9. The van der Waals surface area contributed by atoms with Crippen molar-refractivity contribution in [3.05, 3.63) is 95.8 Å². The van der Waals surface area contributed by atoms with E-state index in [0.29, 0.717) is 23.6 Å². The van der Waals surface area contributed by atoms with E-state index in [4.69, 9.17) is 9.47 Å². The van der Waals surface area contributed by atoms with E-state index in [1.165, 1.54) is 11.0 Å². The molecule has 1 unspecified atom stereocenters. The summed E-state index contributed by atoms with van der Waals surface area (Å²) in [6, 6.07) is 21.7. The number of ether oxygens (including phenoxy) is 2. The van der Waals surface area contributed by atoms with E-state index in [2.05, 4.69) is 5.32 Å². The molecule has 0 aliphatic carbocycles. The smallest absolute Gasteiger partial charge is 0.261 e. The van der Waals surface area contributed by atoms with Crippen LogP contribution in [0.25, 0.3) is 0 Å². The Morgan fingerprint density at radius 3 is 2.19 bits per heavy atom. The zero-order valence-corrected chi connectivity index (χ0v) is 20.9. The van der Waals surface area contributed by atoms with Gasteiger partial charge in [0.15, 0.2) is 6.61 Å². The molecule has 0 saturated carbocycles. The van der Waals surface area contributed by atoms with Crippen LogP contribution in [-0.2, 0) is 22.6 Å². The Balaban J connectivity index is 1.89. The summed E-state index contributed by atoms with van der Waals surface area (Å²) >= 11 is 0. The van der Waals surface area contributed by atoms with Crippen molar-refractivity contribution in [2.45, 2.75) is 32.9 Å². The van der Waals surface area contributed by atoms with Crippen molar-refractivity contribution >= 4 is 11.8 Å². The third-order valence-electron chi connectivity index (χ3n) is 5.68. The third-order valence-corrected chi connectivity index (χ3v) is 5.68. The van der Waals surface area contributed by atoms with Crippen LogP contribution in [0.2, 0.25) is 0 Å².